The van der Waals surface area contributed by atoms with Gasteiger partial charge in [-0.3, -0.25) is 9.59 Å². The second kappa shape index (κ2) is 4.98. The predicted octanol–water partition coefficient (Wildman–Crippen LogP) is 0.769. The van der Waals surface area contributed by atoms with Crippen molar-refractivity contribution in [3.8, 4) is 0 Å². The smallest absolute Gasteiger partial charge is 0.312 e. The maximum Gasteiger partial charge on any atom is 0.312 e. The summed E-state index contributed by atoms with van der Waals surface area (Å²) in [4.78, 5) is 24.5. The summed E-state index contributed by atoms with van der Waals surface area (Å²) in [5.74, 6) is -0.980. The van der Waals surface area contributed by atoms with Crippen LogP contribution in [0.3, 0.4) is 0 Å². The largest absolute Gasteiger partial charge is 0.348 e. The van der Waals surface area contributed by atoms with Crippen LogP contribution < -0.4 is 5.32 Å². The number of nitrogens with one attached hydrogen (secondary N) is 1. The summed E-state index contributed by atoms with van der Waals surface area (Å²) >= 11 is 0. The van der Waals surface area contributed by atoms with E-state index >= 15 is 0 Å². The first-order chi connectivity index (χ1) is 6.34. The Hall–Kier alpha value is -1.06. The van der Waals surface area contributed by atoms with E-state index in [1.165, 1.54) is 0 Å². The number of carbonyl (C=O) groups is 2. The van der Waals surface area contributed by atoms with Gasteiger partial charge in [-0.05, 0) is 34.6 Å². The quantitative estimate of drug-likeness (QED) is 0.669. The van der Waals surface area contributed by atoms with E-state index in [0.717, 1.165) is 0 Å². The Bertz CT molecular complexity index is 219. The minimum Gasteiger partial charge on any atom is -0.348 e. The number of nitrogens with zero attached hydrogens (tertiary/aromatic N) is 1. The van der Waals surface area contributed by atoms with Crippen LogP contribution >= 0.6 is 0 Å². The molecule has 0 aliphatic rings. The fourth-order valence-corrected chi connectivity index (χ4v) is 1.28. The van der Waals surface area contributed by atoms with E-state index in [-0.39, 0.29) is 5.54 Å². The molecule has 0 aliphatic heterocycles. The molecule has 1 N–H and O–H groups in total. The zero-order valence-corrected chi connectivity index (χ0v) is 9.68. The highest BCUT2D eigenvalue weighted by molar-refractivity contribution is 6.35. The molecule has 0 saturated carbocycles. The van der Waals surface area contributed by atoms with Crippen LogP contribution in [0, 0.1) is 0 Å². The van der Waals surface area contributed by atoms with E-state index in [1.54, 1.807) is 11.8 Å². The molecule has 0 heterocycles. The molecule has 0 atom stereocenters. The maximum atomic E-state index is 11.6. The number of carbonyl (C=O) groups excluding carboxylic acids is 2. The molecule has 0 aromatic rings. The lowest BCUT2D eigenvalue weighted by Gasteiger charge is -2.34. The summed E-state index contributed by atoms with van der Waals surface area (Å²) in [5.41, 5.74) is -0.309. The highest BCUT2D eigenvalue weighted by Gasteiger charge is 2.28. The SMILES string of the molecule is CCNC(=O)C(=O)N(CC)C(C)(C)C. The van der Waals surface area contributed by atoms with Gasteiger partial charge in [0.05, 0.1) is 0 Å². The second-order valence-electron chi connectivity index (χ2n) is 4.08. The standard InChI is InChI=1S/C10H20N2O2/c1-6-11-8(13)9(14)12(7-2)10(3,4)5/h6-7H2,1-5H3,(H,11,13). The zero-order chi connectivity index (χ0) is 11.4. The van der Waals surface area contributed by atoms with Crippen molar-refractivity contribution >= 4 is 11.8 Å². The van der Waals surface area contributed by atoms with Gasteiger partial charge in [0.2, 0.25) is 0 Å². The van der Waals surface area contributed by atoms with E-state index in [4.69, 9.17) is 0 Å². The summed E-state index contributed by atoms with van der Waals surface area (Å²) in [6, 6.07) is 0. The first-order valence-electron chi connectivity index (χ1n) is 4.94. The van der Waals surface area contributed by atoms with Crippen molar-refractivity contribution in [2.75, 3.05) is 13.1 Å². The fraction of sp³-hybridized carbons (Fsp3) is 0.800. The molecule has 4 heteroatoms. The van der Waals surface area contributed by atoms with Crippen LogP contribution in [0.25, 0.3) is 0 Å². The van der Waals surface area contributed by atoms with Gasteiger partial charge in [-0.1, -0.05) is 0 Å². The van der Waals surface area contributed by atoms with Crippen molar-refractivity contribution < 1.29 is 9.59 Å². The number of hydrogen-bond acceptors (Lipinski definition) is 2. The monoisotopic (exact) mass is 200 g/mol. The maximum absolute atomic E-state index is 11.6. The van der Waals surface area contributed by atoms with Crippen molar-refractivity contribution in [2.24, 2.45) is 0 Å². The lowest BCUT2D eigenvalue weighted by Crippen LogP contribution is -2.51. The highest BCUT2D eigenvalue weighted by atomic mass is 16.2. The molecule has 0 bridgehead atoms. The fourth-order valence-electron chi connectivity index (χ4n) is 1.28. The molecule has 82 valence electrons. The van der Waals surface area contributed by atoms with E-state index in [0.29, 0.717) is 13.1 Å². The first kappa shape index (κ1) is 12.9. The lowest BCUT2D eigenvalue weighted by atomic mass is 10.1. The van der Waals surface area contributed by atoms with Crippen LogP contribution in [0.2, 0.25) is 0 Å². The van der Waals surface area contributed by atoms with Crippen LogP contribution in [0.1, 0.15) is 34.6 Å². The molecule has 14 heavy (non-hydrogen) atoms. The summed E-state index contributed by atoms with van der Waals surface area (Å²) in [6.45, 7) is 10.4. The molecule has 0 aliphatic carbocycles. The van der Waals surface area contributed by atoms with Gasteiger partial charge in [0, 0.05) is 18.6 Å². The van der Waals surface area contributed by atoms with Crippen LogP contribution in [0.4, 0.5) is 0 Å². The molecular weight excluding hydrogens is 180 g/mol. The second-order valence-corrected chi connectivity index (χ2v) is 4.08. The van der Waals surface area contributed by atoms with Crippen molar-refractivity contribution in [1.29, 1.82) is 0 Å². The van der Waals surface area contributed by atoms with Gasteiger partial charge in [0.15, 0.2) is 0 Å². The Morgan fingerprint density at radius 2 is 1.71 bits per heavy atom. The van der Waals surface area contributed by atoms with Crippen LogP contribution in [0.15, 0.2) is 0 Å². The Morgan fingerprint density at radius 1 is 1.21 bits per heavy atom. The zero-order valence-electron chi connectivity index (χ0n) is 9.68. The molecule has 0 spiro atoms. The van der Waals surface area contributed by atoms with Gasteiger partial charge in [-0.15, -0.1) is 0 Å². The van der Waals surface area contributed by atoms with Crippen LogP contribution in [-0.4, -0.2) is 35.3 Å². The molecule has 0 aromatic carbocycles. The predicted molar refractivity (Wildman–Crippen MR) is 55.8 cm³/mol. The van der Waals surface area contributed by atoms with Crippen LogP contribution in [-0.2, 0) is 9.59 Å². The van der Waals surface area contributed by atoms with Gasteiger partial charge in [0.1, 0.15) is 0 Å². The highest BCUT2D eigenvalue weighted by Crippen LogP contribution is 2.12. The van der Waals surface area contributed by atoms with E-state index in [1.807, 2.05) is 27.7 Å². The summed E-state index contributed by atoms with van der Waals surface area (Å²) < 4.78 is 0. The normalized spacial score (nSPS) is 10.9. The van der Waals surface area contributed by atoms with E-state index < -0.39 is 11.8 Å². The molecule has 2 amide bonds. The molecule has 0 rings (SSSR count). The topological polar surface area (TPSA) is 49.4 Å². The number of rotatable bonds is 2. The van der Waals surface area contributed by atoms with Crippen LogP contribution in [0.5, 0.6) is 0 Å². The van der Waals surface area contributed by atoms with Gasteiger partial charge in [0.25, 0.3) is 0 Å². The first-order valence-corrected chi connectivity index (χ1v) is 4.94. The van der Waals surface area contributed by atoms with Gasteiger partial charge >= 0.3 is 11.8 Å². The molecule has 4 nitrogen and oxygen atoms in total. The van der Waals surface area contributed by atoms with Gasteiger partial charge < -0.3 is 10.2 Å². The molecular formula is C10H20N2O2. The van der Waals surface area contributed by atoms with E-state index in [9.17, 15) is 9.59 Å². The Kier molecular flexibility index (Phi) is 4.60. The third-order valence-electron chi connectivity index (χ3n) is 1.90. The minimum absolute atomic E-state index is 0.309. The number of amides is 2. The van der Waals surface area contributed by atoms with Crippen molar-refractivity contribution in [3.63, 3.8) is 0 Å². The Balaban J connectivity index is 4.55. The Labute approximate surface area is 85.7 Å². The van der Waals surface area contributed by atoms with Gasteiger partial charge in [-0.2, -0.15) is 0 Å². The summed E-state index contributed by atoms with van der Waals surface area (Å²) in [6.07, 6.45) is 0. The summed E-state index contributed by atoms with van der Waals surface area (Å²) in [5, 5.41) is 2.50. The minimum atomic E-state index is -0.524. The molecule has 0 saturated heterocycles. The van der Waals surface area contributed by atoms with Crippen molar-refractivity contribution in [2.45, 2.75) is 40.2 Å². The lowest BCUT2D eigenvalue weighted by molar-refractivity contribution is -0.148. The van der Waals surface area contributed by atoms with Crippen molar-refractivity contribution in [1.82, 2.24) is 10.2 Å². The van der Waals surface area contributed by atoms with E-state index in [2.05, 4.69) is 5.32 Å². The number of likely N-dealkylation sites (N-methyl/N-ethyl adjacent to an activating group) is 2. The summed E-state index contributed by atoms with van der Waals surface area (Å²) in [7, 11) is 0. The average Bonchev–Trinajstić information content (AvgIpc) is 2.03. The molecule has 0 radical (unpaired) electrons. The number of hydrogen-bond donors (Lipinski definition) is 1. The molecule has 0 fully saturated rings. The van der Waals surface area contributed by atoms with Gasteiger partial charge in [-0.25, -0.2) is 0 Å². The molecule has 0 aromatic heterocycles. The van der Waals surface area contributed by atoms with Crippen molar-refractivity contribution in [3.05, 3.63) is 0 Å². The Morgan fingerprint density at radius 3 is 2.00 bits per heavy atom. The third-order valence-corrected chi connectivity index (χ3v) is 1.90. The third kappa shape index (κ3) is 3.36. The average molecular weight is 200 g/mol. The molecule has 0 unspecified atom stereocenters.